The van der Waals surface area contributed by atoms with Gasteiger partial charge in [-0.3, -0.25) is 0 Å². The van der Waals surface area contributed by atoms with Gasteiger partial charge >= 0.3 is 0 Å². The highest BCUT2D eigenvalue weighted by Crippen LogP contribution is 2.25. The number of nitrogens with one attached hydrogen (secondary N) is 1. The lowest BCUT2D eigenvalue weighted by molar-refractivity contribution is 0.228. The van der Waals surface area contributed by atoms with Gasteiger partial charge in [0.2, 0.25) is 0 Å². The SMILES string of the molecule is COc1ccc(C)cc1NCCCN1CCCCC1. The second kappa shape index (κ2) is 7.39. The summed E-state index contributed by atoms with van der Waals surface area (Å²) >= 11 is 0. The van der Waals surface area contributed by atoms with Gasteiger partial charge in [-0.05, 0) is 63.5 Å². The number of benzene rings is 1. The Labute approximate surface area is 116 Å². The third-order valence-electron chi connectivity index (χ3n) is 3.77. The molecule has 1 aliphatic rings. The molecule has 2 rings (SSSR count). The molecule has 1 N–H and O–H groups in total. The lowest BCUT2D eigenvalue weighted by Gasteiger charge is -2.26. The van der Waals surface area contributed by atoms with Crippen molar-refractivity contribution in [1.82, 2.24) is 4.90 Å². The van der Waals surface area contributed by atoms with E-state index in [4.69, 9.17) is 4.74 Å². The zero-order valence-corrected chi connectivity index (χ0v) is 12.2. The molecule has 0 atom stereocenters. The predicted octanol–water partition coefficient (Wildman–Crippen LogP) is 3.29. The molecule has 1 aromatic carbocycles. The van der Waals surface area contributed by atoms with Crippen molar-refractivity contribution in [3.63, 3.8) is 0 Å². The van der Waals surface area contributed by atoms with Crippen molar-refractivity contribution in [2.75, 3.05) is 38.6 Å². The van der Waals surface area contributed by atoms with Crippen LogP contribution in [0.3, 0.4) is 0 Å². The van der Waals surface area contributed by atoms with Crippen molar-refractivity contribution in [3.8, 4) is 5.75 Å². The van der Waals surface area contributed by atoms with E-state index in [1.54, 1.807) is 7.11 Å². The number of hydrogen-bond acceptors (Lipinski definition) is 3. The Morgan fingerprint density at radius 2 is 2.00 bits per heavy atom. The van der Waals surface area contributed by atoms with Crippen molar-refractivity contribution >= 4 is 5.69 Å². The van der Waals surface area contributed by atoms with Crippen molar-refractivity contribution in [2.45, 2.75) is 32.6 Å². The van der Waals surface area contributed by atoms with E-state index in [1.165, 1.54) is 50.9 Å². The number of piperidine rings is 1. The van der Waals surface area contributed by atoms with Gasteiger partial charge in [0.15, 0.2) is 0 Å². The third kappa shape index (κ3) is 4.43. The van der Waals surface area contributed by atoms with E-state index in [0.29, 0.717) is 0 Å². The number of nitrogens with zero attached hydrogens (tertiary/aromatic N) is 1. The Balaban J connectivity index is 1.74. The normalized spacial score (nSPS) is 16.3. The summed E-state index contributed by atoms with van der Waals surface area (Å²) < 4.78 is 5.37. The van der Waals surface area contributed by atoms with Crippen LogP contribution in [0.5, 0.6) is 5.75 Å². The molecule has 19 heavy (non-hydrogen) atoms. The summed E-state index contributed by atoms with van der Waals surface area (Å²) in [5.41, 5.74) is 2.38. The maximum atomic E-state index is 5.37. The minimum Gasteiger partial charge on any atom is -0.495 e. The van der Waals surface area contributed by atoms with Crippen LogP contribution >= 0.6 is 0 Å². The number of rotatable bonds is 6. The molecular weight excluding hydrogens is 236 g/mol. The lowest BCUT2D eigenvalue weighted by atomic mass is 10.1. The molecule has 1 saturated heterocycles. The minimum atomic E-state index is 0.934. The molecular formula is C16H26N2O. The number of hydrogen-bond donors (Lipinski definition) is 1. The average Bonchev–Trinajstić information content (AvgIpc) is 2.45. The molecule has 1 aliphatic heterocycles. The van der Waals surface area contributed by atoms with Crippen molar-refractivity contribution < 1.29 is 4.74 Å². The fraction of sp³-hybridized carbons (Fsp3) is 0.625. The van der Waals surface area contributed by atoms with Crippen LogP contribution in [0.1, 0.15) is 31.2 Å². The largest absolute Gasteiger partial charge is 0.495 e. The Bertz CT molecular complexity index is 386. The van der Waals surface area contributed by atoms with Gasteiger partial charge in [0, 0.05) is 6.54 Å². The summed E-state index contributed by atoms with van der Waals surface area (Å²) in [6, 6.07) is 6.26. The smallest absolute Gasteiger partial charge is 0.141 e. The van der Waals surface area contributed by atoms with Crippen LogP contribution in [0.25, 0.3) is 0 Å². The Hall–Kier alpha value is -1.22. The van der Waals surface area contributed by atoms with E-state index in [-0.39, 0.29) is 0 Å². The molecule has 0 saturated carbocycles. The van der Waals surface area contributed by atoms with Crippen LogP contribution in [0.15, 0.2) is 18.2 Å². The number of likely N-dealkylation sites (tertiary alicyclic amines) is 1. The zero-order valence-electron chi connectivity index (χ0n) is 12.2. The highest BCUT2D eigenvalue weighted by molar-refractivity contribution is 5.57. The third-order valence-corrected chi connectivity index (χ3v) is 3.77. The molecule has 0 amide bonds. The van der Waals surface area contributed by atoms with Gasteiger partial charge < -0.3 is 15.0 Å². The molecule has 3 heteroatoms. The zero-order chi connectivity index (χ0) is 13.5. The molecule has 0 aromatic heterocycles. The topological polar surface area (TPSA) is 24.5 Å². The highest BCUT2D eigenvalue weighted by atomic mass is 16.5. The molecule has 1 heterocycles. The first-order chi connectivity index (χ1) is 9.29. The molecule has 0 unspecified atom stereocenters. The fourth-order valence-electron chi connectivity index (χ4n) is 2.67. The van der Waals surface area contributed by atoms with E-state index >= 15 is 0 Å². The summed E-state index contributed by atoms with van der Waals surface area (Å²) in [6.45, 7) is 6.90. The van der Waals surface area contributed by atoms with Gasteiger partial charge in [-0.2, -0.15) is 0 Å². The average molecular weight is 262 g/mol. The first kappa shape index (κ1) is 14.2. The summed E-state index contributed by atoms with van der Waals surface area (Å²) in [7, 11) is 1.73. The van der Waals surface area contributed by atoms with Crippen LogP contribution in [-0.4, -0.2) is 38.2 Å². The van der Waals surface area contributed by atoms with Crippen LogP contribution in [0.4, 0.5) is 5.69 Å². The first-order valence-electron chi connectivity index (χ1n) is 7.40. The Kier molecular flexibility index (Phi) is 5.52. The summed E-state index contributed by atoms with van der Waals surface area (Å²) in [6.07, 6.45) is 5.35. The first-order valence-corrected chi connectivity index (χ1v) is 7.40. The van der Waals surface area contributed by atoms with Crippen LogP contribution < -0.4 is 10.1 Å². The summed E-state index contributed by atoms with van der Waals surface area (Å²) in [4.78, 5) is 2.58. The Morgan fingerprint density at radius 3 is 2.74 bits per heavy atom. The Morgan fingerprint density at radius 1 is 1.21 bits per heavy atom. The predicted molar refractivity (Wildman–Crippen MR) is 81.1 cm³/mol. The molecule has 0 aliphatic carbocycles. The van der Waals surface area contributed by atoms with Crippen molar-refractivity contribution in [1.29, 1.82) is 0 Å². The van der Waals surface area contributed by atoms with Crippen molar-refractivity contribution in [2.24, 2.45) is 0 Å². The summed E-state index contributed by atoms with van der Waals surface area (Å²) in [5, 5.41) is 3.49. The van der Waals surface area contributed by atoms with Gasteiger partial charge in [-0.1, -0.05) is 12.5 Å². The van der Waals surface area contributed by atoms with E-state index in [2.05, 4.69) is 29.3 Å². The number of aryl methyl sites for hydroxylation is 1. The highest BCUT2D eigenvalue weighted by Gasteiger charge is 2.09. The molecule has 106 valence electrons. The maximum Gasteiger partial charge on any atom is 0.141 e. The van der Waals surface area contributed by atoms with Crippen molar-refractivity contribution in [3.05, 3.63) is 23.8 Å². The van der Waals surface area contributed by atoms with E-state index in [0.717, 1.165) is 18.0 Å². The monoisotopic (exact) mass is 262 g/mol. The van der Waals surface area contributed by atoms with Gasteiger partial charge in [0.05, 0.1) is 12.8 Å². The van der Waals surface area contributed by atoms with Crippen LogP contribution in [0, 0.1) is 6.92 Å². The van der Waals surface area contributed by atoms with Gasteiger partial charge in [0.1, 0.15) is 5.75 Å². The molecule has 1 aromatic rings. The standard InChI is InChI=1S/C16H26N2O/c1-14-7-8-16(19-2)15(13-14)17-9-6-12-18-10-4-3-5-11-18/h7-8,13,17H,3-6,9-12H2,1-2H3. The molecule has 0 bridgehead atoms. The van der Waals surface area contributed by atoms with E-state index < -0.39 is 0 Å². The fourth-order valence-corrected chi connectivity index (χ4v) is 2.67. The number of ether oxygens (including phenoxy) is 1. The molecule has 1 fully saturated rings. The minimum absolute atomic E-state index is 0.934. The second-order valence-corrected chi connectivity index (χ2v) is 5.39. The van der Waals surface area contributed by atoms with Crippen LogP contribution in [-0.2, 0) is 0 Å². The van der Waals surface area contributed by atoms with E-state index in [9.17, 15) is 0 Å². The molecule has 0 spiro atoms. The van der Waals surface area contributed by atoms with Crippen LogP contribution in [0.2, 0.25) is 0 Å². The van der Waals surface area contributed by atoms with Gasteiger partial charge in [0.25, 0.3) is 0 Å². The second-order valence-electron chi connectivity index (χ2n) is 5.39. The van der Waals surface area contributed by atoms with Gasteiger partial charge in [-0.25, -0.2) is 0 Å². The van der Waals surface area contributed by atoms with Gasteiger partial charge in [-0.15, -0.1) is 0 Å². The summed E-state index contributed by atoms with van der Waals surface area (Å²) in [5.74, 6) is 0.934. The molecule has 0 radical (unpaired) electrons. The maximum absolute atomic E-state index is 5.37. The lowest BCUT2D eigenvalue weighted by Crippen LogP contribution is -2.31. The number of anilines is 1. The van der Waals surface area contributed by atoms with E-state index in [1.807, 2.05) is 6.07 Å². The quantitative estimate of drug-likeness (QED) is 0.796. The molecule has 3 nitrogen and oxygen atoms in total. The number of methoxy groups -OCH3 is 1.